The third kappa shape index (κ3) is 2.37. The van der Waals surface area contributed by atoms with Gasteiger partial charge in [0.15, 0.2) is 0 Å². The first-order valence-corrected chi connectivity index (χ1v) is 7.17. The smallest absolute Gasteiger partial charge is 0.272 e. The quantitative estimate of drug-likeness (QED) is 0.883. The fourth-order valence-corrected chi connectivity index (χ4v) is 3.54. The molecule has 2 aliphatic rings. The largest absolute Gasteiger partial charge is 0.393 e. The lowest BCUT2D eigenvalue weighted by molar-refractivity contribution is 0.0523. The second-order valence-corrected chi connectivity index (χ2v) is 5.59. The van der Waals surface area contributed by atoms with E-state index in [1.807, 2.05) is 17.0 Å². The zero-order valence-electron chi connectivity index (χ0n) is 11.0. The van der Waals surface area contributed by atoms with E-state index in [0.29, 0.717) is 5.69 Å². The number of nitrogens with zero attached hydrogens (tertiary/aromatic N) is 2. The predicted molar refractivity (Wildman–Crippen MR) is 71.6 cm³/mol. The number of aliphatic hydroxyl groups is 1. The van der Waals surface area contributed by atoms with Gasteiger partial charge in [-0.15, -0.1) is 0 Å². The highest BCUT2D eigenvalue weighted by Gasteiger charge is 2.40. The van der Waals surface area contributed by atoms with Crippen LogP contribution in [0.1, 0.15) is 42.6 Å². The molecule has 1 saturated heterocycles. The van der Waals surface area contributed by atoms with Crippen LogP contribution < -0.4 is 0 Å². The van der Waals surface area contributed by atoms with E-state index in [9.17, 15) is 9.90 Å². The van der Waals surface area contributed by atoms with E-state index in [-0.39, 0.29) is 24.0 Å². The van der Waals surface area contributed by atoms with Gasteiger partial charge in [-0.1, -0.05) is 12.5 Å². The standard InChI is InChI=1S/C15H20N2O2/c18-14-8-3-5-11(14)13-7-4-10-17(13)15(19)12-6-1-2-9-16-12/h1-2,6,9,11,13-14,18H,3-5,7-8,10H2. The number of rotatable bonds is 2. The lowest BCUT2D eigenvalue weighted by Crippen LogP contribution is -2.42. The Hall–Kier alpha value is -1.42. The van der Waals surface area contributed by atoms with Crippen LogP contribution in [0, 0.1) is 5.92 Å². The average Bonchev–Trinajstić information content (AvgIpc) is 3.07. The fraction of sp³-hybridized carbons (Fsp3) is 0.600. The maximum atomic E-state index is 12.5. The van der Waals surface area contributed by atoms with E-state index in [1.54, 1.807) is 12.3 Å². The van der Waals surface area contributed by atoms with E-state index in [0.717, 1.165) is 38.6 Å². The molecule has 1 aliphatic heterocycles. The number of hydrogen-bond donors (Lipinski definition) is 1. The maximum absolute atomic E-state index is 12.5. The van der Waals surface area contributed by atoms with Crippen molar-refractivity contribution in [3.8, 4) is 0 Å². The van der Waals surface area contributed by atoms with Crippen molar-refractivity contribution in [2.24, 2.45) is 5.92 Å². The molecule has 1 saturated carbocycles. The summed E-state index contributed by atoms with van der Waals surface area (Å²) in [6, 6.07) is 5.63. The highest BCUT2D eigenvalue weighted by molar-refractivity contribution is 5.92. The Bertz CT molecular complexity index is 449. The molecule has 1 aliphatic carbocycles. The molecule has 3 rings (SSSR count). The SMILES string of the molecule is O=C(c1ccccn1)N1CCCC1C1CCCC1O. The Labute approximate surface area is 113 Å². The van der Waals surface area contributed by atoms with Crippen molar-refractivity contribution in [3.63, 3.8) is 0 Å². The van der Waals surface area contributed by atoms with E-state index in [4.69, 9.17) is 0 Å². The van der Waals surface area contributed by atoms with Crippen LogP contribution in [0.2, 0.25) is 0 Å². The summed E-state index contributed by atoms with van der Waals surface area (Å²) in [5.74, 6) is 0.275. The molecule has 0 aromatic carbocycles. The molecule has 0 bridgehead atoms. The van der Waals surface area contributed by atoms with E-state index in [1.165, 1.54) is 0 Å². The van der Waals surface area contributed by atoms with Crippen molar-refractivity contribution in [3.05, 3.63) is 30.1 Å². The van der Waals surface area contributed by atoms with Crippen molar-refractivity contribution in [1.29, 1.82) is 0 Å². The number of likely N-dealkylation sites (tertiary alicyclic amines) is 1. The maximum Gasteiger partial charge on any atom is 0.272 e. The van der Waals surface area contributed by atoms with Gasteiger partial charge in [-0.2, -0.15) is 0 Å². The zero-order valence-corrected chi connectivity index (χ0v) is 11.0. The molecule has 2 heterocycles. The first-order chi connectivity index (χ1) is 9.27. The average molecular weight is 260 g/mol. The van der Waals surface area contributed by atoms with Gasteiger partial charge in [0.25, 0.3) is 5.91 Å². The number of pyridine rings is 1. The van der Waals surface area contributed by atoms with E-state index < -0.39 is 0 Å². The van der Waals surface area contributed by atoms with Crippen molar-refractivity contribution < 1.29 is 9.90 Å². The van der Waals surface area contributed by atoms with Gasteiger partial charge in [0.1, 0.15) is 5.69 Å². The van der Waals surface area contributed by atoms with Crippen LogP contribution in [0.3, 0.4) is 0 Å². The van der Waals surface area contributed by atoms with Crippen LogP contribution in [0.4, 0.5) is 0 Å². The molecule has 0 radical (unpaired) electrons. The fourth-order valence-electron chi connectivity index (χ4n) is 3.54. The van der Waals surface area contributed by atoms with Crippen LogP contribution in [0.25, 0.3) is 0 Å². The predicted octanol–water partition coefficient (Wildman–Crippen LogP) is 1.85. The van der Waals surface area contributed by atoms with Gasteiger partial charge in [0.2, 0.25) is 0 Å². The number of carbonyl (C=O) groups is 1. The Morgan fingerprint density at radius 2 is 2.16 bits per heavy atom. The van der Waals surface area contributed by atoms with Crippen molar-refractivity contribution in [2.75, 3.05) is 6.54 Å². The van der Waals surface area contributed by atoms with Gasteiger partial charge in [-0.05, 0) is 37.8 Å². The Balaban J connectivity index is 1.78. The lowest BCUT2D eigenvalue weighted by Gasteiger charge is -2.31. The number of amides is 1. The first kappa shape index (κ1) is 12.6. The highest BCUT2D eigenvalue weighted by atomic mass is 16.3. The van der Waals surface area contributed by atoms with E-state index >= 15 is 0 Å². The molecular weight excluding hydrogens is 240 g/mol. The van der Waals surface area contributed by atoms with Crippen molar-refractivity contribution >= 4 is 5.91 Å². The molecule has 4 nitrogen and oxygen atoms in total. The summed E-state index contributed by atoms with van der Waals surface area (Å²) in [6.07, 6.45) is 6.47. The van der Waals surface area contributed by atoms with Crippen molar-refractivity contribution in [1.82, 2.24) is 9.88 Å². The number of aromatic nitrogens is 1. The van der Waals surface area contributed by atoms with Gasteiger partial charge in [0.05, 0.1) is 6.10 Å². The monoisotopic (exact) mass is 260 g/mol. The van der Waals surface area contributed by atoms with Gasteiger partial charge in [-0.3, -0.25) is 9.78 Å². The summed E-state index contributed by atoms with van der Waals surface area (Å²) in [7, 11) is 0. The zero-order chi connectivity index (χ0) is 13.2. The number of carbonyl (C=O) groups excluding carboxylic acids is 1. The van der Waals surface area contributed by atoms with Crippen LogP contribution in [0.15, 0.2) is 24.4 Å². The first-order valence-electron chi connectivity index (χ1n) is 7.17. The molecule has 3 atom stereocenters. The van der Waals surface area contributed by atoms with Gasteiger partial charge >= 0.3 is 0 Å². The second kappa shape index (κ2) is 5.29. The highest BCUT2D eigenvalue weighted by Crippen LogP contribution is 2.36. The minimum atomic E-state index is -0.234. The second-order valence-electron chi connectivity index (χ2n) is 5.59. The molecule has 1 amide bonds. The molecular formula is C15H20N2O2. The molecule has 102 valence electrons. The molecule has 0 spiro atoms. The third-order valence-electron chi connectivity index (χ3n) is 4.47. The Morgan fingerprint density at radius 1 is 1.26 bits per heavy atom. The van der Waals surface area contributed by atoms with Gasteiger partial charge < -0.3 is 10.0 Å². The van der Waals surface area contributed by atoms with Crippen LogP contribution >= 0.6 is 0 Å². The van der Waals surface area contributed by atoms with Crippen LogP contribution in [0.5, 0.6) is 0 Å². The Morgan fingerprint density at radius 3 is 2.84 bits per heavy atom. The molecule has 1 N–H and O–H groups in total. The van der Waals surface area contributed by atoms with Gasteiger partial charge in [0, 0.05) is 24.7 Å². The van der Waals surface area contributed by atoms with Crippen molar-refractivity contribution in [2.45, 2.75) is 44.2 Å². The normalized spacial score (nSPS) is 30.8. The minimum absolute atomic E-state index is 0.0159. The topological polar surface area (TPSA) is 53.4 Å². The van der Waals surface area contributed by atoms with Gasteiger partial charge in [-0.25, -0.2) is 0 Å². The summed E-state index contributed by atoms with van der Waals surface area (Å²) in [5.41, 5.74) is 0.516. The summed E-state index contributed by atoms with van der Waals surface area (Å²) >= 11 is 0. The summed E-state index contributed by atoms with van der Waals surface area (Å²) < 4.78 is 0. The summed E-state index contributed by atoms with van der Waals surface area (Å²) in [6.45, 7) is 0.795. The summed E-state index contributed by atoms with van der Waals surface area (Å²) in [5, 5.41) is 10.1. The van der Waals surface area contributed by atoms with Crippen LogP contribution in [-0.4, -0.2) is 39.6 Å². The lowest BCUT2D eigenvalue weighted by atomic mass is 9.94. The molecule has 2 fully saturated rings. The molecule has 4 heteroatoms. The third-order valence-corrected chi connectivity index (χ3v) is 4.47. The number of aliphatic hydroxyl groups excluding tert-OH is 1. The minimum Gasteiger partial charge on any atom is -0.393 e. The molecule has 1 aromatic rings. The van der Waals surface area contributed by atoms with E-state index in [2.05, 4.69) is 4.98 Å². The molecule has 1 aromatic heterocycles. The molecule has 3 unspecified atom stereocenters. The number of hydrogen-bond acceptors (Lipinski definition) is 3. The summed E-state index contributed by atoms with van der Waals surface area (Å²) in [4.78, 5) is 18.6. The Kier molecular flexibility index (Phi) is 3.51. The molecule has 19 heavy (non-hydrogen) atoms. The van der Waals surface area contributed by atoms with Crippen LogP contribution in [-0.2, 0) is 0 Å².